The van der Waals surface area contributed by atoms with E-state index in [-0.39, 0.29) is 67.8 Å². The highest BCUT2D eigenvalue weighted by atomic mass is 19.4. The van der Waals surface area contributed by atoms with Gasteiger partial charge in [0, 0.05) is 49.3 Å². The van der Waals surface area contributed by atoms with Gasteiger partial charge in [0.25, 0.3) is 5.91 Å². The van der Waals surface area contributed by atoms with E-state index in [0.29, 0.717) is 0 Å². The number of hydrogen-bond donors (Lipinski definition) is 5. The first-order chi connectivity index (χ1) is 45.3. The van der Waals surface area contributed by atoms with Crippen molar-refractivity contribution < 1.29 is 80.5 Å². The van der Waals surface area contributed by atoms with Crippen LogP contribution < -0.4 is 26.0 Å². The number of carbonyl (C=O) groups is 11. The van der Waals surface area contributed by atoms with Crippen molar-refractivity contribution in [3.05, 3.63) is 42.0 Å². The van der Waals surface area contributed by atoms with Crippen LogP contribution in [0, 0.1) is 41.4 Å². The highest BCUT2D eigenvalue weighted by Gasteiger charge is 2.47. The van der Waals surface area contributed by atoms with Crippen LogP contribution in [0.2, 0.25) is 0 Å². The lowest BCUT2D eigenvalue weighted by atomic mass is 9.91. The predicted molar refractivity (Wildman–Crippen MR) is 365 cm³/mol. The number of amides is 11. The number of nitrogens with one attached hydrogen (secondary N) is 4. The first-order valence-electron chi connectivity index (χ1n) is 34.1. The molecular formula is C70H116F3N11O14. The Balaban J connectivity index is 3.16. The van der Waals surface area contributed by atoms with Crippen LogP contribution in [0.25, 0.3) is 0 Å². The van der Waals surface area contributed by atoms with Gasteiger partial charge < -0.3 is 70.1 Å². The Kier molecular flexibility index (Phi) is 34.4. The summed E-state index contributed by atoms with van der Waals surface area (Å²) >= 11 is 0. The Morgan fingerprint density at radius 1 is 0.490 bits per heavy atom. The quantitative estimate of drug-likeness (QED) is 0.104. The largest absolute Gasteiger partial charge is 0.573 e. The molecule has 11 amide bonds. The van der Waals surface area contributed by atoms with Gasteiger partial charge in [0.05, 0.1) is 12.7 Å². The van der Waals surface area contributed by atoms with E-state index in [1.54, 1.807) is 74.5 Å². The second-order valence-corrected chi connectivity index (χ2v) is 28.6. The first-order valence-corrected chi connectivity index (χ1v) is 34.1. The molecule has 0 bridgehead atoms. The van der Waals surface area contributed by atoms with Crippen LogP contribution >= 0.6 is 0 Å². The smallest absolute Gasteiger partial charge is 0.406 e. The molecule has 1 aliphatic rings. The molecule has 1 aromatic rings. The highest BCUT2D eigenvalue weighted by Crippen LogP contribution is 2.28. The molecule has 0 aliphatic carbocycles. The fourth-order valence-corrected chi connectivity index (χ4v) is 11.8. The maximum Gasteiger partial charge on any atom is 0.573 e. The van der Waals surface area contributed by atoms with Crippen LogP contribution in [-0.2, 0) is 64.1 Å². The SMILES string of the molecule is C/C=C/C[C@@H](C)[C@@H](O)[C@H]1C(=O)N[C@@H](CC)C(=O)N(C)[C@H](OCc2ccc(OC(F)(F)F)cc2)C(=O)N(C)[C@@H](CC(C)C)C(=O)N[C@@H](C(C)C)C(=O)N(C)[C@@H](CC(C)C)C(=O)N[C@@H](C)C(=O)N[C@H](C)C(=O)N(C)[C@@H](CC(C)C)C(=O)N(C)[C@@H](CC(C)C)C(=O)N(C)[C@@H](C(C)C)C(=O)N1C. The number of ether oxygens (including phenoxy) is 2. The summed E-state index contributed by atoms with van der Waals surface area (Å²) < 4.78 is 49.9. The molecule has 1 heterocycles. The Hall–Kier alpha value is -7.36. The van der Waals surface area contributed by atoms with Crippen molar-refractivity contribution in [3.63, 3.8) is 0 Å². The van der Waals surface area contributed by atoms with Crippen molar-refractivity contribution in [1.82, 2.24) is 55.6 Å². The minimum Gasteiger partial charge on any atom is -0.406 e. The first kappa shape index (κ1) is 86.7. The van der Waals surface area contributed by atoms with Crippen LogP contribution in [0.5, 0.6) is 5.75 Å². The van der Waals surface area contributed by atoms with Gasteiger partial charge in [-0.15, -0.1) is 13.2 Å². The summed E-state index contributed by atoms with van der Waals surface area (Å²) in [6.07, 6.45) is -4.78. The Morgan fingerprint density at radius 3 is 1.37 bits per heavy atom. The zero-order chi connectivity index (χ0) is 75.5. The van der Waals surface area contributed by atoms with Crippen molar-refractivity contribution in [3.8, 4) is 5.75 Å². The van der Waals surface area contributed by atoms with E-state index >= 15 is 28.8 Å². The number of benzene rings is 1. The van der Waals surface area contributed by atoms with E-state index in [1.165, 1.54) is 94.9 Å². The molecule has 1 aromatic carbocycles. The van der Waals surface area contributed by atoms with Gasteiger partial charge in [-0.05, 0) is 118 Å². The molecule has 1 saturated heterocycles. The number of aliphatic hydroxyl groups excluding tert-OH is 1. The van der Waals surface area contributed by atoms with Crippen LogP contribution in [0.3, 0.4) is 0 Å². The molecule has 5 N–H and O–H groups in total. The average molecular weight is 1390 g/mol. The second-order valence-electron chi connectivity index (χ2n) is 28.6. The molecule has 1 aliphatic heterocycles. The molecule has 1 fully saturated rings. The summed E-state index contributed by atoms with van der Waals surface area (Å²) in [7, 11) is 9.37. The molecule has 0 saturated carbocycles. The summed E-state index contributed by atoms with van der Waals surface area (Å²) in [5.41, 5.74) is 0.209. The van der Waals surface area contributed by atoms with Gasteiger partial charge in [0.15, 0.2) is 0 Å². The number of nitrogens with zero attached hydrogens (tertiary/aromatic N) is 7. The number of allylic oxidation sites excluding steroid dienone is 2. The third kappa shape index (κ3) is 24.5. The molecule has 2 rings (SSSR count). The van der Waals surface area contributed by atoms with E-state index in [1.807, 2.05) is 41.5 Å². The topological polar surface area (TPSA) is 297 Å². The van der Waals surface area contributed by atoms with Crippen LogP contribution in [-0.4, -0.2) is 233 Å². The van der Waals surface area contributed by atoms with Gasteiger partial charge in [-0.1, -0.05) is 121 Å². The van der Waals surface area contributed by atoms with E-state index in [0.717, 1.165) is 26.8 Å². The molecule has 13 atom stereocenters. The molecule has 556 valence electrons. The number of carbonyl (C=O) groups excluding carboxylic acids is 11. The van der Waals surface area contributed by atoms with Gasteiger partial charge in [-0.3, -0.25) is 52.7 Å². The number of hydrogen-bond acceptors (Lipinski definition) is 14. The van der Waals surface area contributed by atoms with E-state index < -0.39 is 174 Å². The van der Waals surface area contributed by atoms with E-state index in [2.05, 4.69) is 26.0 Å². The molecular weight excluding hydrogens is 1280 g/mol. The monoisotopic (exact) mass is 1390 g/mol. The lowest BCUT2D eigenvalue weighted by Gasteiger charge is -2.41. The summed E-state index contributed by atoms with van der Waals surface area (Å²) in [4.78, 5) is 172. The van der Waals surface area contributed by atoms with Crippen molar-refractivity contribution in [2.45, 2.75) is 242 Å². The molecule has 25 nitrogen and oxygen atoms in total. The number of aliphatic hydroxyl groups is 1. The van der Waals surface area contributed by atoms with Gasteiger partial charge in [0.1, 0.15) is 66.2 Å². The minimum absolute atomic E-state index is 0.0310. The molecule has 0 radical (unpaired) electrons. The molecule has 98 heavy (non-hydrogen) atoms. The van der Waals surface area contributed by atoms with Crippen molar-refractivity contribution in [2.24, 2.45) is 41.4 Å². The Bertz CT molecular complexity index is 2890. The summed E-state index contributed by atoms with van der Waals surface area (Å²) in [5.74, 6) is -12.3. The van der Waals surface area contributed by atoms with E-state index in [9.17, 15) is 42.3 Å². The Labute approximate surface area is 579 Å². The van der Waals surface area contributed by atoms with Gasteiger partial charge in [-0.25, -0.2) is 0 Å². The summed E-state index contributed by atoms with van der Waals surface area (Å²) in [5, 5.41) is 23.2. The van der Waals surface area contributed by atoms with Crippen molar-refractivity contribution in [1.29, 1.82) is 0 Å². The van der Waals surface area contributed by atoms with Crippen LogP contribution in [0.15, 0.2) is 36.4 Å². The third-order valence-electron chi connectivity index (χ3n) is 17.8. The van der Waals surface area contributed by atoms with Gasteiger partial charge in [0.2, 0.25) is 65.3 Å². The fourth-order valence-electron chi connectivity index (χ4n) is 11.8. The predicted octanol–water partition coefficient (Wildman–Crippen LogP) is 5.71. The average Bonchev–Trinajstić information content (AvgIpc) is 0.810. The number of halogens is 3. The van der Waals surface area contributed by atoms with E-state index in [4.69, 9.17) is 4.74 Å². The number of alkyl halides is 3. The van der Waals surface area contributed by atoms with Crippen molar-refractivity contribution >= 4 is 65.0 Å². The normalized spacial score (nSPS) is 25.8. The van der Waals surface area contributed by atoms with Crippen LogP contribution in [0.1, 0.15) is 162 Å². The summed E-state index contributed by atoms with van der Waals surface area (Å²) in [6, 6.07) is -9.08. The fraction of sp³-hybridized carbons (Fsp3) is 0.729. The van der Waals surface area contributed by atoms with Gasteiger partial charge in [-0.2, -0.15) is 0 Å². The van der Waals surface area contributed by atoms with Crippen molar-refractivity contribution in [2.75, 3.05) is 49.3 Å². The van der Waals surface area contributed by atoms with Gasteiger partial charge >= 0.3 is 6.36 Å². The third-order valence-corrected chi connectivity index (χ3v) is 17.8. The molecule has 0 spiro atoms. The molecule has 28 heteroatoms. The number of likely N-dealkylation sites (N-methyl/N-ethyl adjacent to an activating group) is 7. The zero-order valence-electron chi connectivity index (χ0n) is 62.4. The summed E-state index contributed by atoms with van der Waals surface area (Å²) in [6.45, 7) is 28.5. The highest BCUT2D eigenvalue weighted by molar-refractivity contribution is 6.00. The zero-order valence-corrected chi connectivity index (χ0v) is 62.4. The Morgan fingerprint density at radius 2 is 0.918 bits per heavy atom. The number of rotatable bonds is 19. The maximum absolute atomic E-state index is 15.4. The molecule has 0 unspecified atom stereocenters. The maximum atomic E-state index is 15.4. The van der Waals surface area contributed by atoms with Crippen LogP contribution in [0.4, 0.5) is 13.2 Å². The molecule has 0 aromatic heterocycles. The lowest BCUT2D eigenvalue weighted by Crippen LogP contribution is -2.64. The minimum atomic E-state index is -5.01. The standard InChI is InChI=1S/C70H116F3N11O14/c1-25-27-28-44(15)57(85)56-61(89)76-49(26-2)63(91)84(24)69(97-37-47-29-31-48(32-30-47)98-70(71,72)73)68(96)79(19)51(34-39(5)6)60(88)77-54(42(11)12)66(94)78(18)50(33-38(3)4)59(87)74-45(16)58(86)75-46(17)62(90)80(20)52(35-40(7)8)64(92)81(21)53(36-41(9)10)65(93)82(22)55(43(13)14)67(95)83(56)23/h25,27,29-32,38-46,49-57,69,85H,26,28,33-37H2,1-24H3,(H,74,87)(H,75,86)(H,76,89)(H,77,88)/b27-25+/t44-,45+,46-,49+,50+,51+,52+,53+,54+,55+,56+,57-,69-/m1/s1. The lowest BCUT2D eigenvalue weighted by molar-refractivity contribution is -0.274. The second kappa shape index (κ2) is 38.9.